The number of imide groups is 1. The first-order valence-corrected chi connectivity index (χ1v) is 12.6. The second kappa shape index (κ2) is 8.45. The van der Waals surface area contributed by atoms with Gasteiger partial charge in [-0.1, -0.05) is 18.2 Å². The van der Waals surface area contributed by atoms with Gasteiger partial charge in [0.25, 0.3) is 5.91 Å². The fourth-order valence-corrected chi connectivity index (χ4v) is 6.34. The molecule has 4 heterocycles. The van der Waals surface area contributed by atoms with E-state index in [1.165, 1.54) is 18.1 Å². The molecule has 1 aliphatic carbocycles. The molecule has 2 aromatic rings. The number of halogens is 1. The van der Waals surface area contributed by atoms with E-state index >= 15 is 0 Å². The molecule has 6 rings (SSSR count). The third kappa shape index (κ3) is 3.40. The van der Waals surface area contributed by atoms with Crippen molar-refractivity contribution in [2.24, 2.45) is 0 Å². The molecule has 1 aromatic carbocycles. The molecule has 3 atom stereocenters. The molecule has 0 radical (unpaired) electrons. The summed E-state index contributed by atoms with van der Waals surface area (Å²) in [5, 5.41) is 11.2. The van der Waals surface area contributed by atoms with E-state index in [0.29, 0.717) is 31.4 Å². The number of ether oxygens (including phenoxy) is 1. The van der Waals surface area contributed by atoms with E-state index in [9.17, 15) is 19.1 Å². The third-order valence-corrected chi connectivity index (χ3v) is 8.17. The average molecular weight is 495 g/mol. The van der Waals surface area contributed by atoms with E-state index in [4.69, 9.17) is 4.74 Å². The highest BCUT2D eigenvalue weighted by Gasteiger charge is 2.60. The van der Waals surface area contributed by atoms with E-state index in [0.717, 1.165) is 48.1 Å². The van der Waals surface area contributed by atoms with E-state index in [1.807, 2.05) is 19.1 Å². The topological polar surface area (TPSA) is 89.1 Å². The van der Waals surface area contributed by atoms with Crippen molar-refractivity contribution in [3.05, 3.63) is 53.0 Å². The normalized spacial score (nSPS) is 28.2. The van der Waals surface area contributed by atoms with Crippen LogP contribution >= 0.6 is 0 Å². The first-order valence-electron chi connectivity index (χ1n) is 12.6. The van der Waals surface area contributed by atoms with Gasteiger partial charge in [0.15, 0.2) is 11.6 Å². The zero-order valence-corrected chi connectivity index (χ0v) is 20.6. The minimum atomic E-state index is -1.10. The highest BCUT2D eigenvalue weighted by Crippen LogP contribution is 2.50. The van der Waals surface area contributed by atoms with Gasteiger partial charge in [0.2, 0.25) is 0 Å². The van der Waals surface area contributed by atoms with Gasteiger partial charge >= 0.3 is 6.03 Å². The fourth-order valence-electron chi connectivity index (χ4n) is 6.34. The number of H-pyrrole nitrogens is 1. The van der Waals surface area contributed by atoms with E-state index < -0.39 is 23.5 Å². The molecule has 1 aromatic heterocycles. The van der Waals surface area contributed by atoms with Crippen LogP contribution in [0.3, 0.4) is 0 Å². The first kappa shape index (κ1) is 23.2. The number of benzene rings is 1. The van der Waals surface area contributed by atoms with Gasteiger partial charge in [-0.05, 0) is 56.5 Å². The zero-order valence-electron chi connectivity index (χ0n) is 20.6. The van der Waals surface area contributed by atoms with Crippen molar-refractivity contribution in [2.75, 3.05) is 33.3 Å². The molecule has 0 bridgehead atoms. The second-order valence-electron chi connectivity index (χ2n) is 10.4. The van der Waals surface area contributed by atoms with Crippen LogP contribution in [-0.4, -0.2) is 81.7 Å². The minimum Gasteiger partial charge on any atom is -0.494 e. The summed E-state index contributed by atoms with van der Waals surface area (Å²) in [6.07, 6.45) is 7.93. The molecule has 36 heavy (non-hydrogen) atoms. The lowest BCUT2D eigenvalue weighted by atomic mass is 9.80. The Morgan fingerprint density at radius 1 is 1.22 bits per heavy atom. The lowest BCUT2D eigenvalue weighted by molar-refractivity contribution is -0.133. The summed E-state index contributed by atoms with van der Waals surface area (Å²) < 4.78 is 19.8. The number of aliphatic hydroxyl groups excluding tert-OH is 1. The van der Waals surface area contributed by atoms with Crippen molar-refractivity contribution < 1.29 is 23.8 Å². The van der Waals surface area contributed by atoms with Crippen molar-refractivity contribution in [1.82, 2.24) is 19.7 Å². The molecule has 1 unspecified atom stereocenters. The molecule has 8 nitrogen and oxygen atoms in total. The van der Waals surface area contributed by atoms with Crippen LogP contribution in [0.2, 0.25) is 0 Å². The van der Waals surface area contributed by atoms with Gasteiger partial charge in [0.05, 0.1) is 13.2 Å². The number of fused-ring (bicyclic) bond motifs is 4. The Bertz CT molecular complexity index is 1310. The number of rotatable bonds is 5. The number of carbonyl (C=O) groups excluding carboxylic acids is 2. The van der Waals surface area contributed by atoms with Crippen molar-refractivity contribution in [2.45, 2.75) is 50.3 Å². The number of urea groups is 1. The molecule has 9 heteroatoms. The number of hydrogen-bond donors (Lipinski definition) is 2. The highest BCUT2D eigenvalue weighted by molar-refractivity contribution is 6.08. The molecular weight excluding hydrogens is 463 g/mol. The number of hydrogen-bond acceptors (Lipinski definition) is 5. The molecule has 2 N–H and O–H groups in total. The quantitative estimate of drug-likeness (QED) is 0.623. The number of nitrogens with zero attached hydrogens (tertiary/aromatic N) is 3. The number of aromatic nitrogens is 1. The Morgan fingerprint density at radius 2 is 2.00 bits per heavy atom. The predicted octanol–water partition coefficient (Wildman–Crippen LogP) is 3.28. The molecule has 3 aliphatic heterocycles. The largest absolute Gasteiger partial charge is 0.494 e. The highest BCUT2D eigenvalue weighted by atomic mass is 19.1. The zero-order chi connectivity index (χ0) is 25.2. The third-order valence-electron chi connectivity index (χ3n) is 8.17. The van der Waals surface area contributed by atoms with Gasteiger partial charge in [-0.3, -0.25) is 14.6 Å². The molecule has 190 valence electrons. The summed E-state index contributed by atoms with van der Waals surface area (Å²) in [7, 11) is 1.42. The van der Waals surface area contributed by atoms with Gasteiger partial charge in [-0.2, -0.15) is 0 Å². The van der Waals surface area contributed by atoms with Crippen LogP contribution in [0.25, 0.3) is 10.9 Å². The van der Waals surface area contributed by atoms with Crippen LogP contribution in [0.1, 0.15) is 43.5 Å². The Labute approximate surface area is 209 Å². The smallest absolute Gasteiger partial charge is 0.328 e. The van der Waals surface area contributed by atoms with E-state index in [2.05, 4.69) is 9.88 Å². The van der Waals surface area contributed by atoms with Crippen LogP contribution in [0.5, 0.6) is 5.75 Å². The Kier molecular flexibility index (Phi) is 5.46. The summed E-state index contributed by atoms with van der Waals surface area (Å²) in [5.74, 6) is -0.576. The van der Waals surface area contributed by atoms with E-state index in [-0.39, 0.29) is 17.7 Å². The summed E-state index contributed by atoms with van der Waals surface area (Å²) in [6.45, 7) is 4.82. The standard InChI is InChI=1S/C27H31FN4O4/c1-27-15-19-18-13-22(36-2)20(28)14-21(18)29-23(19)24(16-6-5-7-17(33)12-16)32(27)26(35)31(25(27)34)11-10-30-8-3-4-9-30/h5-6,12-14,17,24,29,33H,3-4,7-11,15H2,1-2H3/t17?,24-,27+/m1/s1. The summed E-state index contributed by atoms with van der Waals surface area (Å²) in [4.78, 5) is 36.4. The average Bonchev–Trinajstić information content (AvgIpc) is 3.53. The molecule has 4 aliphatic rings. The molecule has 3 amide bonds. The molecule has 0 saturated carbocycles. The molecular formula is C27H31FN4O4. The maximum atomic E-state index is 14.6. The van der Waals surface area contributed by atoms with Gasteiger partial charge in [0.1, 0.15) is 11.6 Å². The number of nitrogens with one attached hydrogen (secondary N) is 1. The van der Waals surface area contributed by atoms with E-state index in [1.54, 1.807) is 17.0 Å². The van der Waals surface area contributed by atoms with Gasteiger partial charge in [-0.15, -0.1) is 0 Å². The van der Waals surface area contributed by atoms with Crippen LogP contribution in [0.4, 0.5) is 9.18 Å². The number of likely N-dealkylation sites (tertiary alicyclic amines) is 1. The summed E-state index contributed by atoms with van der Waals surface area (Å²) >= 11 is 0. The molecule has 0 spiro atoms. The summed E-state index contributed by atoms with van der Waals surface area (Å²) in [5.41, 5.74) is 1.82. The first-order chi connectivity index (χ1) is 17.3. The lowest BCUT2D eigenvalue weighted by Crippen LogP contribution is -2.53. The number of aromatic amines is 1. The Balaban J connectivity index is 1.47. The van der Waals surface area contributed by atoms with Crippen LogP contribution in [-0.2, 0) is 11.2 Å². The van der Waals surface area contributed by atoms with Crippen LogP contribution in [0.15, 0.2) is 35.9 Å². The minimum absolute atomic E-state index is 0.127. The van der Waals surface area contributed by atoms with Crippen molar-refractivity contribution in [3.63, 3.8) is 0 Å². The maximum absolute atomic E-state index is 14.6. The Hall–Kier alpha value is -3.17. The lowest BCUT2D eigenvalue weighted by Gasteiger charge is -2.43. The molecule has 2 fully saturated rings. The van der Waals surface area contributed by atoms with Gasteiger partial charge in [-0.25, -0.2) is 9.18 Å². The number of carbonyl (C=O) groups is 2. The van der Waals surface area contributed by atoms with Gasteiger partial charge in [0, 0.05) is 42.2 Å². The molecule has 2 saturated heterocycles. The van der Waals surface area contributed by atoms with Crippen molar-refractivity contribution >= 4 is 22.8 Å². The van der Waals surface area contributed by atoms with Crippen molar-refractivity contribution in [1.29, 1.82) is 0 Å². The monoisotopic (exact) mass is 494 g/mol. The summed E-state index contributed by atoms with van der Waals surface area (Å²) in [6, 6.07) is 2.11. The maximum Gasteiger partial charge on any atom is 0.328 e. The number of methoxy groups -OCH3 is 1. The van der Waals surface area contributed by atoms with Crippen LogP contribution < -0.4 is 4.74 Å². The SMILES string of the molecule is COc1cc2c3c([nH]c2cc1F)[C@@H](C1=CC(O)CC=C1)N1C(=O)N(CCN2CCCC2)C(=O)[C@]1(C)C3. The van der Waals surface area contributed by atoms with Crippen LogP contribution in [0, 0.1) is 5.82 Å². The fraction of sp³-hybridized carbons (Fsp3) is 0.481. The Morgan fingerprint density at radius 3 is 2.72 bits per heavy atom. The van der Waals surface area contributed by atoms with Gasteiger partial charge < -0.3 is 19.7 Å². The predicted molar refractivity (Wildman–Crippen MR) is 132 cm³/mol. The number of amides is 3. The second-order valence-corrected chi connectivity index (χ2v) is 10.4. The van der Waals surface area contributed by atoms with Crippen molar-refractivity contribution in [3.8, 4) is 5.75 Å². The number of aliphatic hydroxyl groups is 1.